The van der Waals surface area contributed by atoms with Crippen LogP contribution in [-0.4, -0.2) is 4.98 Å². The van der Waals surface area contributed by atoms with Crippen molar-refractivity contribution < 1.29 is 4.42 Å². The van der Waals surface area contributed by atoms with Crippen LogP contribution in [0.3, 0.4) is 0 Å². The maximum atomic E-state index is 5.78. The topological polar surface area (TPSA) is 64.1 Å². The minimum absolute atomic E-state index is 0.140. The minimum Gasteiger partial charge on any atom is -0.466 e. The van der Waals surface area contributed by atoms with Crippen LogP contribution < -0.4 is 11.1 Å². The van der Waals surface area contributed by atoms with Gasteiger partial charge in [-0.2, -0.15) is 0 Å². The van der Waals surface area contributed by atoms with E-state index in [2.05, 4.69) is 23.3 Å². The van der Waals surface area contributed by atoms with Gasteiger partial charge in [-0.1, -0.05) is 0 Å². The summed E-state index contributed by atoms with van der Waals surface area (Å²) in [6.07, 6.45) is 0. The Hall–Kier alpha value is -2.49. The normalized spacial score (nSPS) is 12.5. The van der Waals surface area contributed by atoms with E-state index in [1.165, 1.54) is 0 Å². The van der Waals surface area contributed by atoms with Crippen molar-refractivity contribution in [3.63, 3.8) is 0 Å². The molecule has 3 N–H and O–H groups in total. The molecule has 0 aliphatic carbocycles. The summed E-state index contributed by atoms with van der Waals surface area (Å²) in [5.74, 6) is 2.72. The predicted octanol–water partition coefficient (Wildman–Crippen LogP) is 4.20. The molecule has 1 aromatic carbocycles. The van der Waals surface area contributed by atoms with Crippen LogP contribution in [0.1, 0.15) is 30.0 Å². The van der Waals surface area contributed by atoms with E-state index in [9.17, 15) is 0 Å². The highest BCUT2D eigenvalue weighted by atomic mass is 16.3. The molecule has 1 atom stereocenters. The Morgan fingerprint density at radius 1 is 1.14 bits per heavy atom. The highest BCUT2D eigenvalue weighted by molar-refractivity contribution is 5.83. The standard InChI is InChI=1S/C17H19N3O/c1-10-8-15(12(3)21-10)11(2)19-17-7-4-13-9-14(18)5-6-16(13)20-17/h4-9,11H,18H2,1-3H3,(H,19,20). The lowest BCUT2D eigenvalue weighted by molar-refractivity contribution is 0.500. The van der Waals surface area contributed by atoms with E-state index >= 15 is 0 Å². The summed E-state index contributed by atoms with van der Waals surface area (Å²) >= 11 is 0. The Morgan fingerprint density at radius 2 is 1.95 bits per heavy atom. The number of nitrogen functional groups attached to an aromatic ring is 1. The van der Waals surface area contributed by atoms with Crippen LogP contribution in [-0.2, 0) is 0 Å². The number of fused-ring (bicyclic) bond motifs is 1. The van der Waals surface area contributed by atoms with E-state index in [-0.39, 0.29) is 6.04 Å². The summed E-state index contributed by atoms with van der Waals surface area (Å²) in [5, 5.41) is 4.46. The van der Waals surface area contributed by atoms with Crippen LogP contribution in [0, 0.1) is 13.8 Å². The van der Waals surface area contributed by atoms with E-state index in [1.807, 2.05) is 44.2 Å². The highest BCUT2D eigenvalue weighted by Crippen LogP contribution is 2.25. The number of nitrogens with one attached hydrogen (secondary N) is 1. The van der Waals surface area contributed by atoms with Crippen molar-refractivity contribution in [1.82, 2.24) is 4.98 Å². The van der Waals surface area contributed by atoms with Gasteiger partial charge in [0.05, 0.1) is 11.6 Å². The zero-order chi connectivity index (χ0) is 15.0. The van der Waals surface area contributed by atoms with Crippen molar-refractivity contribution in [3.05, 3.63) is 53.5 Å². The molecular weight excluding hydrogens is 262 g/mol. The van der Waals surface area contributed by atoms with Gasteiger partial charge >= 0.3 is 0 Å². The van der Waals surface area contributed by atoms with Gasteiger partial charge in [-0.3, -0.25) is 0 Å². The Bertz CT molecular complexity index is 792. The SMILES string of the molecule is Cc1cc(C(C)Nc2ccc3cc(N)ccc3n2)c(C)o1. The van der Waals surface area contributed by atoms with Gasteiger partial charge in [-0.15, -0.1) is 0 Å². The zero-order valence-corrected chi connectivity index (χ0v) is 12.5. The number of furan rings is 1. The number of nitrogens with two attached hydrogens (primary N) is 1. The first kappa shape index (κ1) is 13.5. The van der Waals surface area contributed by atoms with Crippen LogP contribution in [0.2, 0.25) is 0 Å². The molecule has 3 rings (SSSR count). The first-order chi connectivity index (χ1) is 10.0. The van der Waals surface area contributed by atoms with Crippen molar-refractivity contribution >= 4 is 22.4 Å². The molecule has 108 valence electrons. The zero-order valence-electron chi connectivity index (χ0n) is 12.5. The molecule has 4 heteroatoms. The second kappa shape index (κ2) is 5.13. The van der Waals surface area contributed by atoms with E-state index in [0.29, 0.717) is 0 Å². The molecule has 1 unspecified atom stereocenters. The van der Waals surface area contributed by atoms with E-state index in [1.54, 1.807) is 0 Å². The quantitative estimate of drug-likeness (QED) is 0.706. The number of hydrogen-bond donors (Lipinski definition) is 2. The van der Waals surface area contributed by atoms with Crippen LogP contribution >= 0.6 is 0 Å². The van der Waals surface area contributed by atoms with Crippen LogP contribution in [0.25, 0.3) is 10.9 Å². The van der Waals surface area contributed by atoms with E-state index < -0.39 is 0 Å². The van der Waals surface area contributed by atoms with Crippen LogP contribution in [0.5, 0.6) is 0 Å². The number of aryl methyl sites for hydroxylation is 2. The molecule has 2 heterocycles. The molecule has 21 heavy (non-hydrogen) atoms. The Kier molecular flexibility index (Phi) is 3.29. The fourth-order valence-corrected chi connectivity index (χ4v) is 2.60. The molecule has 2 aromatic heterocycles. The molecule has 0 amide bonds. The molecule has 0 aliphatic rings. The average molecular weight is 281 g/mol. The lowest BCUT2D eigenvalue weighted by atomic mass is 10.1. The van der Waals surface area contributed by atoms with Crippen molar-refractivity contribution in [1.29, 1.82) is 0 Å². The summed E-state index contributed by atoms with van der Waals surface area (Å²) < 4.78 is 5.58. The molecule has 0 bridgehead atoms. The number of benzene rings is 1. The third-order valence-electron chi connectivity index (χ3n) is 3.62. The molecule has 0 fully saturated rings. The van der Waals surface area contributed by atoms with Crippen molar-refractivity contribution in [2.45, 2.75) is 26.8 Å². The van der Waals surface area contributed by atoms with Crippen molar-refractivity contribution in [2.75, 3.05) is 11.1 Å². The van der Waals surface area contributed by atoms with Gasteiger partial charge < -0.3 is 15.5 Å². The molecule has 0 saturated carbocycles. The fraction of sp³-hybridized carbons (Fsp3) is 0.235. The molecule has 4 nitrogen and oxygen atoms in total. The van der Waals surface area contributed by atoms with Gasteiger partial charge in [0.2, 0.25) is 0 Å². The Morgan fingerprint density at radius 3 is 2.67 bits per heavy atom. The largest absolute Gasteiger partial charge is 0.466 e. The number of pyridine rings is 1. The minimum atomic E-state index is 0.140. The summed E-state index contributed by atoms with van der Waals surface area (Å²) in [5.41, 5.74) is 8.63. The van der Waals surface area contributed by atoms with Gasteiger partial charge in [0.15, 0.2) is 0 Å². The van der Waals surface area contributed by atoms with Gasteiger partial charge in [-0.05, 0) is 57.2 Å². The van der Waals surface area contributed by atoms with Gasteiger partial charge in [0.25, 0.3) is 0 Å². The number of hydrogen-bond acceptors (Lipinski definition) is 4. The monoisotopic (exact) mass is 281 g/mol. The second-order valence-corrected chi connectivity index (χ2v) is 5.38. The molecule has 0 saturated heterocycles. The van der Waals surface area contributed by atoms with Crippen molar-refractivity contribution in [3.8, 4) is 0 Å². The molecule has 0 radical (unpaired) electrons. The number of nitrogens with zero attached hydrogens (tertiary/aromatic N) is 1. The summed E-state index contributed by atoms with van der Waals surface area (Å²) in [6.45, 7) is 6.05. The summed E-state index contributed by atoms with van der Waals surface area (Å²) in [6, 6.07) is 11.9. The molecule has 0 aliphatic heterocycles. The van der Waals surface area contributed by atoms with Crippen LogP contribution in [0.15, 0.2) is 40.8 Å². The lowest BCUT2D eigenvalue weighted by Gasteiger charge is -2.14. The van der Waals surface area contributed by atoms with Crippen LogP contribution in [0.4, 0.5) is 11.5 Å². The second-order valence-electron chi connectivity index (χ2n) is 5.38. The van der Waals surface area contributed by atoms with Gasteiger partial charge in [-0.25, -0.2) is 4.98 Å². The third kappa shape index (κ3) is 2.70. The van der Waals surface area contributed by atoms with E-state index in [0.717, 1.165) is 39.5 Å². The Balaban J connectivity index is 1.87. The molecule has 3 aromatic rings. The maximum absolute atomic E-state index is 5.78. The van der Waals surface area contributed by atoms with Gasteiger partial charge in [0.1, 0.15) is 17.3 Å². The summed E-state index contributed by atoms with van der Waals surface area (Å²) in [4.78, 5) is 4.62. The van der Waals surface area contributed by atoms with E-state index in [4.69, 9.17) is 10.2 Å². The fourth-order valence-electron chi connectivity index (χ4n) is 2.60. The average Bonchev–Trinajstić information content (AvgIpc) is 2.78. The highest BCUT2D eigenvalue weighted by Gasteiger charge is 2.13. The predicted molar refractivity (Wildman–Crippen MR) is 86.4 cm³/mol. The van der Waals surface area contributed by atoms with Gasteiger partial charge in [0, 0.05) is 16.6 Å². The first-order valence-corrected chi connectivity index (χ1v) is 7.02. The third-order valence-corrected chi connectivity index (χ3v) is 3.62. The molecule has 0 spiro atoms. The number of rotatable bonds is 3. The smallest absolute Gasteiger partial charge is 0.127 e. The van der Waals surface area contributed by atoms with Crippen molar-refractivity contribution in [2.24, 2.45) is 0 Å². The maximum Gasteiger partial charge on any atom is 0.127 e. The lowest BCUT2D eigenvalue weighted by Crippen LogP contribution is -2.08. The first-order valence-electron chi connectivity index (χ1n) is 7.02. The summed E-state index contributed by atoms with van der Waals surface area (Å²) in [7, 11) is 0. The number of anilines is 2. The number of aromatic nitrogens is 1. The molecular formula is C17H19N3O. The Labute approximate surface area is 124 Å².